The van der Waals surface area contributed by atoms with Crippen molar-refractivity contribution in [3.63, 3.8) is 0 Å². The molecule has 0 N–H and O–H groups in total. The Kier molecular flexibility index (Phi) is 2.29. The van der Waals surface area contributed by atoms with Gasteiger partial charge in [0.05, 0.1) is 5.69 Å². The van der Waals surface area contributed by atoms with Crippen LogP contribution in [0.25, 0.3) is 5.65 Å². The van der Waals surface area contributed by atoms with E-state index in [1.54, 1.807) is 0 Å². The van der Waals surface area contributed by atoms with E-state index in [-0.39, 0.29) is 0 Å². The molecule has 1 aliphatic rings. The third kappa shape index (κ3) is 1.58. The van der Waals surface area contributed by atoms with E-state index < -0.39 is 0 Å². The Bertz CT molecular complexity index is 506. The van der Waals surface area contributed by atoms with Gasteiger partial charge in [0.2, 0.25) is 0 Å². The van der Waals surface area contributed by atoms with Gasteiger partial charge in [0.1, 0.15) is 5.65 Å². The largest absolute Gasteiger partial charge is 0.307 e. The molecule has 0 bridgehead atoms. The van der Waals surface area contributed by atoms with Gasteiger partial charge in [-0.25, -0.2) is 4.98 Å². The van der Waals surface area contributed by atoms with Gasteiger partial charge in [-0.2, -0.15) is 0 Å². The van der Waals surface area contributed by atoms with Gasteiger partial charge >= 0.3 is 0 Å². The van der Waals surface area contributed by atoms with Crippen molar-refractivity contribution in [2.75, 3.05) is 0 Å². The van der Waals surface area contributed by atoms with Crippen LogP contribution in [-0.4, -0.2) is 9.38 Å². The molecule has 0 saturated heterocycles. The quantitative estimate of drug-likeness (QED) is 0.724. The molecular formula is C15H20N2. The van der Waals surface area contributed by atoms with Gasteiger partial charge in [-0.1, -0.05) is 26.8 Å². The Morgan fingerprint density at radius 2 is 2.12 bits per heavy atom. The molecule has 1 unspecified atom stereocenters. The molecule has 0 spiro atoms. The Labute approximate surface area is 103 Å². The smallest absolute Gasteiger partial charge is 0.136 e. The van der Waals surface area contributed by atoms with Crippen molar-refractivity contribution < 1.29 is 0 Å². The summed E-state index contributed by atoms with van der Waals surface area (Å²) in [5, 5.41) is 0. The summed E-state index contributed by atoms with van der Waals surface area (Å²) >= 11 is 0. The van der Waals surface area contributed by atoms with Crippen LogP contribution in [0.4, 0.5) is 0 Å². The van der Waals surface area contributed by atoms with E-state index in [2.05, 4.69) is 55.8 Å². The molecule has 0 aliphatic heterocycles. The van der Waals surface area contributed by atoms with Gasteiger partial charge in [0.25, 0.3) is 0 Å². The molecule has 17 heavy (non-hydrogen) atoms. The van der Waals surface area contributed by atoms with Crippen LogP contribution < -0.4 is 0 Å². The molecule has 2 heterocycles. The lowest BCUT2D eigenvalue weighted by Crippen LogP contribution is -2.22. The van der Waals surface area contributed by atoms with Gasteiger partial charge in [0.15, 0.2) is 0 Å². The standard InChI is InChI=1S/C15H20N2/c1-11-7-8-12(15(11,2)3)13-10-17-9-5-4-6-14(17)16-13/h4-6,9-12H,7-8H2,1-3H3/t11?,12-/m1/s1. The van der Waals surface area contributed by atoms with Gasteiger partial charge in [-0.15, -0.1) is 0 Å². The molecule has 3 rings (SSSR count). The zero-order chi connectivity index (χ0) is 12.0. The van der Waals surface area contributed by atoms with Crippen molar-refractivity contribution in [2.45, 2.75) is 39.5 Å². The number of aromatic nitrogens is 2. The maximum atomic E-state index is 4.79. The van der Waals surface area contributed by atoms with Crippen LogP contribution >= 0.6 is 0 Å². The maximum absolute atomic E-state index is 4.79. The van der Waals surface area contributed by atoms with Gasteiger partial charge < -0.3 is 4.40 Å². The third-order valence-corrected chi connectivity index (χ3v) is 4.80. The lowest BCUT2D eigenvalue weighted by molar-refractivity contribution is 0.246. The van der Waals surface area contributed by atoms with Crippen molar-refractivity contribution in [3.8, 4) is 0 Å². The first kappa shape index (κ1) is 10.8. The molecule has 2 heteroatoms. The molecule has 90 valence electrons. The second-order valence-corrected chi connectivity index (χ2v) is 5.98. The molecule has 0 aromatic carbocycles. The van der Waals surface area contributed by atoms with Gasteiger partial charge in [0, 0.05) is 18.3 Å². The van der Waals surface area contributed by atoms with Crippen molar-refractivity contribution in [1.82, 2.24) is 9.38 Å². The van der Waals surface area contributed by atoms with Crippen LogP contribution in [0.3, 0.4) is 0 Å². The summed E-state index contributed by atoms with van der Waals surface area (Å²) in [4.78, 5) is 4.79. The van der Waals surface area contributed by atoms with Crippen LogP contribution in [0.15, 0.2) is 30.6 Å². The zero-order valence-electron chi connectivity index (χ0n) is 10.9. The van der Waals surface area contributed by atoms with E-state index in [0.717, 1.165) is 11.6 Å². The minimum atomic E-state index is 0.373. The molecule has 0 radical (unpaired) electrons. The molecule has 2 aromatic heterocycles. The predicted molar refractivity (Wildman–Crippen MR) is 70.1 cm³/mol. The number of hydrogen-bond donors (Lipinski definition) is 0. The molecule has 2 atom stereocenters. The predicted octanol–water partition coefficient (Wildman–Crippen LogP) is 3.87. The third-order valence-electron chi connectivity index (χ3n) is 4.80. The van der Waals surface area contributed by atoms with E-state index in [0.29, 0.717) is 11.3 Å². The van der Waals surface area contributed by atoms with Gasteiger partial charge in [-0.3, -0.25) is 0 Å². The summed E-state index contributed by atoms with van der Waals surface area (Å²) < 4.78 is 2.13. The molecule has 1 aliphatic carbocycles. The summed E-state index contributed by atoms with van der Waals surface area (Å²) in [7, 11) is 0. The van der Waals surface area contributed by atoms with Crippen LogP contribution in [0.5, 0.6) is 0 Å². The summed E-state index contributed by atoms with van der Waals surface area (Å²) in [5.74, 6) is 1.40. The van der Waals surface area contributed by atoms with Crippen LogP contribution in [-0.2, 0) is 0 Å². The first-order valence-electron chi connectivity index (χ1n) is 6.52. The molecule has 2 nitrogen and oxygen atoms in total. The number of imidazole rings is 1. The normalized spacial score (nSPS) is 27.7. The molecule has 1 fully saturated rings. The summed E-state index contributed by atoms with van der Waals surface area (Å²) in [6, 6.07) is 6.18. The number of pyridine rings is 1. The highest BCUT2D eigenvalue weighted by Gasteiger charge is 2.42. The van der Waals surface area contributed by atoms with Crippen molar-refractivity contribution >= 4 is 5.65 Å². The van der Waals surface area contributed by atoms with Crippen molar-refractivity contribution in [3.05, 3.63) is 36.3 Å². The highest BCUT2D eigenvalue weighted by molar-refractivity contribution is 5.40. The SMILES string of the molecule is CC1CC[C@H](c2cn3ccccc3n2)C1(C)C. The van der Waals surface area contributed by atoms with E-state index in [1.165, 1.54) is 18.5 Å². The summed E-state index contributed by atoms with van der Waals surface area (Å²) in [6.45, 7) is 7.15. The minimum Gasteiger partial charge on any atom is -0.307 e. The van der Waals surface area contributed by atoms with Crippen LogP contribution in [0.2, 0.25) is 0 Å². The van der Waals surface area contributed by atoms with Gasteiger partial charge in [-0.05, 0) is 36.3 Å². The fraction of sp³-hybridized carbons (Fsp3) is 0.533. The number of rotatable bonds is 1. The average molecular weight is 228 g/mol. The lowest BCUT2D eigenvalue weighted by Gasteiger charge is -2.30. The monoisotopic (exact) mass is 228 g/mol. The topological polar surface area (TPSA) is 17.3 Å². The van der Waals surface area contributed by atoms with E-state index >= 15 is 0 Å². The molecule has 2 aromatic rings. The summed E-state index contributed by atoms with van der Waals surface area (Å²) in [6.07, 6.45) is 6.89. The Morgan fingerprint density at radius 1 is 1.29 bits per heavy atom. The lowest BCUT2D eigenvalue weighted by atomic mass is 9.75. The van der Waals surface area contributed by atoms with Crippen molar-refractivity contribution in [1.29, 1.82) is 0 Å². The number of hydrogen-bond acceptors (Lipinski definition) is 1. The Balaban J connectivity index is 2.04. The average Bonchev–Trinajstić information content (AvgIpc) is 2.81. The Morgan fingerprint density at radius 3 is 2.76 bits per heavy atom. The fourth-order valence-corrected chi connectivity index (χ4v) is 3.16. The second-order valence-electron chi connectivity index (χ2n) is 5.98. The maximum Gasteiger partial charge on any atom is 0.136 e. The van der Waals surface area contributed by atoms with E-state index in [9.17, 15) is 0 Å². The molecule has 0 amide bonds. The van der Waals surface area contributed by atoms with Crippen LogP contribution in [0.1, 0.15) is 45.2 Å². The highest BCUT2D eigenvalue weighted by atomic mass is 15.0. The first-order chi connectivity index (χ1) is 8.09. The number of nitrogens with zero attached hydrogens (tertiary/aromatic N) is 2. The second kappa shape index (κ2) is 3.59. The zero-order valence-corrected chi connectivity index (χ0v) is 10.9. The number of fused-ring (bicyclic) bond motifs is 1. The van der Waals surface area contributed by atoms with E-state index in [1.807, 2.05) is 0 Å². The highest BCUT2D eigenvalue weighted by Crippen LogP contribution is 2.52. The Hall–Kier alpha value is -1.31. The summed E-state index contributed by atoms with van der Waals surface area (Å²) in [5.41, 5.74) is 2.71. The first-order valence-corrected chi connectivity index (χ1v) is 6.52. The van der Waals surface area contributed by atoms with Crippen molar-refractivity contribution in [2.24, 2.45) is 11.3 Å². The molecular weight excluding hydrogens is 208 g/mol. The molecule has 1 saturated carbocycles. The minimum absolute atomic E-state index is 0.373. The van der Waals surface area contributed by atoms with Crippen LogP contribution in [0, 0.1) is 11.3 Å². The van der Waals surface area contributed by atoms with E-state index in [4.69, 9.17) is 4.98 Å². The fourth-order valence-electron chi connectivity index (χ4n) is 3.16.